The Labute approximate surface area is 182 Å². The van der Waals surface area contributed by atoms with E-state index in [0.717, 1.165) is 17.5 Å². The standard InChI is InChI=1S/C19H20Cl2N6O3/c1-11-17(12(2)25(24-11)9-13-5-6-15(20)16(21)7-13)23-18(28)19(3,4)26-10-14(8-22-26)27(29)30/h5-8,10H,9H2,1-4H3,(H,23,28). The molecule has 2 aromatic heterocycles. The van der Waals surface area contributed by atoms with E-state index in [9.17, 15) is 14.9 Å². The van der Waals surface area contributed by atoms with Gasteiger partial charge in [0.15, 0.2) is 0 Å². The average molecular weight is 451 g/mol. The van der Waals surface area contributed by atoms with Crippen LogP contribution < -0.4 is 5.32 Å². The van der Waals surface area contributed by atoms with E-state index in [2.05, 4.69) is 15.5 Å². The van der Waals surface area contributed by atoms with Crippen molar-refractivity contribution >= 4 is 40.5 Å². The molecule has 11 heteroatoms. The lowest BCUT2D eigenvalue weighted by molar-refractivity contribution is -0.385. The Morgan fingerprint density at radius 1 is 1.27 bits per heavy atom. The van der Waals surface area contributed by atoms with Gasteiger partial charge in [-0.15, -0.1) is 0 Å². The lowest BCUT2D eigenvalue weighted by atomic mass is 10.0. The van der Waals surface area contributed by atoms with Crippen LogP contribution in [0.1, 0.15) is 30.8 Å². The van der Waals surface area contributed by atoms with E-state index < -0.39 is 10.5 Å². The smallest absolute Gasteiger partial charge is 0.307 e. The van der Waals surface area contributed by atoms with E-state index >= 15 is 0 Å². The Morgan fingerprint density at radius 3 is 2.57 bits per heavy atom. The minimum Gasteiger partial charge on any atom is -0.321 e. The number of nitrogens with zero attached hydrogens (tertiary/aromatic N) is 5. The van der Waals surface area contributed by atoms with Gasteiger partial charge in [-0.1, -0.05) is 29.3 Å². The molecule has 1 aromatic carbocycles. The predicted molar refractivity (Wildman–Crippen MR) is 114 cm³/mol. The molecule has 0 atom stereocenters. The molecule has 0 aliphatic heterocycles. The molecule has 158 valence electrons. The second kappa shape index (κ2) is 8.08. The SMILES string of the molecule is Cc1nn(Cc2ccc(Cl)c(Cl)c2)c(C)c1NC(=O)C(C)(C)n1cc([N+](=O)[O-])cn1. The van der Waals surface area contributed by atoms with E-state index in [1.165, 1.54) is 10.9 Å². The average Bonchev–Trinajstić information content (AvgIpc) is 3.27. The number of amides is 1. The second-order valence-electron chi connectivity index (χ2n) is 7.37. The molecule has 0 unspecified atom stereocenters. The number of nitrogens with one attached hydrogen (secondary N) is 1. The summed E-state index contributed by atoms with van der Waals surface area (Å²) in [5.74, 6) is -0.374. The Bertz CT molecular complexity index is 1140. The first-order chi connectivity index (χ1) is 14.0. The van der Waals surface area contributed by atoms with Gasteiger partial charge in [0, 0.05) is 0 Å². The molecule has 0 saturated carbocycles. The van der Waals surface area contributed by atoms with Crippen LogP contribution in [0.3, 0.4) is 0 Å². The summed E-state index contributed by atoms with van der Waals surface area (Å²) in [6.07, 6.45) is 2.34. The van der Waals surface area contributed by atoms with Crippen molar-refractivity contribution in [2.24, 2.45) is 0 Å². The number of carbonyl (C=O) groups is 1. The molecular weight excluding hydrogens is 431 g/mol. The maximum absolute atomic E-state index is 13.0. The molecule has 0 bridgehead atoms. The van der Waals surface area contributed by atoms with Crippen LogP contribution in [-0.4, -0.2) is 30.4 Å². The molecule has 0 fully saturated rings. The zero-order chi connectivity index (χ0) is 22.2. The second-order valence-corrected chi connectivity index (χ2v) is 8.18. The van der Waals surface area contributed by atoms with E-state index in [1.807, 2.05) is 13.0 Å². The van der Waals surface area contributed by atoms with Crippen LogP contribution in [0.2, 0.25) is 10.0 Å². The maximum atomic E-state index is 13.0. The molecule has 0 aliphatic rings. The molecule has 3 aromatic rings. The summed E-state index contributed by atoms with van der Waals surface area (Å²) in [4.78, 5) is 23.3. The quantitative estimate of drug-likeness (QED) is 0.443. The van der Waals surface area contributed by atoms with Gasteiger partial charge in [-0.25, -0.2) is 0 Å². The largest absolute Gasteiger partial charge is 0.321 e. The van der Waals surface area contributed by atoms with Crippen LogP contribution in [0.15, 0.2) is 30.6 Å². The van der Waals surface area contributed by atoms with Crippen LogP contribution in [0.5, 0.6) is 0 Å². The minimum absolute atomic E-state index is 0.183. The number of hydrogen-bond donors (Lipinski definition) is 1. The highest BCUT2D eigenvalue weighted by Gasteiger charge is 2.33. The first-order valence-electron chi connectivity index (χ1n) is 8.99. The number of anilines is 1. The van der Waals surface area contributed by atoms with Gasteiger partial charge in [0.2, 0.25) is 0 Å². The van der Waals surface area contributed by atoms with Gasteiger partial charge in [0.05, 0.1) is 38.6 Å². The number of aryl methyl sites for hydroxylation is 1. The fraction of sp³-hybridized carbons (Fsp3) is 0.316. The predicted octanol–water partition coefficient (Wildman–Crippen LogP) is 4.33. The molecule has 2 heterocycles. The molecule has 1 N–H and O–H groups in total. The summed E-state index contributed by atoms with van der Waals surface area (Å²) in [5, 5.41) is 23.2. The molecule has 0 saturated heterocycles. The summed E-state index contributed by atoms with van der Waals surface area (Å²) < 4.78 is 3.03. The van der Waals surface area contributed by atoms with Crippen molar-refractivity contribution in [2.75, 3.05) is 5.32 Å². The lowest BCUT2D eigenvalue weighted by Gasteiger charge is -2.24. The van der Waals surface area contributed by atoms with Crippen molar-refractivity contribution in [1.29, 1.82) is 0 Å². The van der Waals surface area contributed by atoms with Gasteiger partial charge in [-0.3, -0.25) is 24.3 Å². The molecular formula is C19H20Cl2N6O3. The lowest BCUT2D eigenvalue weighted by Crippen LogP contribution is -2.40. The van der Waals surface area contributed by atoms with Crippen molar-refractivity contribution in [3.05, 3.63) is 67.7 Å². The number of carbonyl (C=O) groups excluding carboxylic acids is 1. The van der Waals surface area contributed by atoms with Crippen LogP contribution in [-0.2, 0) is 16.9 Å². The van der Waals surface area contributed by atoms with Gasteiger partial charge in [-0.05, 0) is 45.4 Å². The fourth-order valence-electron chi connectivity index (χ4n) is 2.93. The Kier molecular flexibility index (Phi) is 5.87. The number of halogens is 2. The first kappa shape index (κ1) is 21.8. The van der Waals surface area contributed by atoms with E-state index in [0.29, 0.717) is 28.0 Å². The normalized spacial score (nSPS) is 11.5. The summed E-state index contributed by atoms with van der Waals surface area (Å²) in [5.41, 5.74) is 1.56. The highest BCUT2D eigenvalue weighted by Crippen LogP contribution is 2.26. The summed E-state index contributed by atoms with van der Waals surface area (Å²) >= 11 is 12.1. The van der Waals surface area contributed by atoms with Crippen LogP contribution in [0, 0.1) is 24.0 Å². The Hall–Kier alpha value is -2.91. The van der Waals surface area contributed by atoms with Gasteiger partial charge < -0.3 is 5.32 Å². The summed E-state index contributed by atoms with van der Waals surface area (Å²) in [6, 6.07) is 5.35. The van der Waals surface area contributed by atoms with Crippen molar-refractivity contribution in [3.8, 4) is 0 Å². The molecule has 0 aliphatic carbocycles. The van der Waals surface area contributed by atoms with Gasteiger partial charge >= 0.3 is 5.69 Å². The van der Waals surface area contributed by atoms with Crippen molar-refractivity contribution in [3.63, 3.8) is 0 Å². The number of aromatic nitrogens is 4. The van der Waals surface area contributed by atoms with E-state index in [1.54, 1.807) is 37.6 Å². The zero-order valence-electron chi connectivity index (χ0n) is 16.8. The van der Waals surface area contributed by atoms with Crippen LogP contribution in [0.25, 0.3) is 0 Å². The molecule has 0 spiro atoms. The monoisotopic (exact) mass is 450 g/mol. The van der Waals surface area contributed by atoms with Gasteiger partial charge in [0.25, 0.3) is 5.91 Å². The number of benzene rings is 1. The highest BCUT2D eigenvalue weighted by atomic mass is 35.5. The van der Waals surface area contributed by atoms with Gasteiger partial charge in [0.1, 0.15) is 17.9 Å². The first-order valence-corrected chi connectivity index (χ1v) is 9.75. The van der Waals surface area contributed by atoms with Crippen molar-refractivity contribution in [2.45, 2.75) is 39.8 Å². The number of rotatable bonds is 6. The third-order valence-corrected chi connectivity index (χ3v) is 5.58. The maximum Gasteiger partial charge on any atom is 0.307 e. The Balaban J connectivity index is 1.83. The third-order valence-electron chi connectivity index (χ3n) is 4.84. The zero-order valence-corrected chi connectivity index (χ0v) is 18.3. The molecule has 0 radical (unpaired) electrons. The van der Waals surface area contributed by atoms with Crippen LogP contribution >= 0.6 is 23.2 Å². The number of hydrogen-bond acceptors (Lipinski definition) is 5. The van der Waals surface area contributed by atoms with Crippen molar-refractivity contribution < 1.29 is 9.72 Å². The van der Waals surface area contributed by atoms with Crippen molar-refractivity contribution in [1.82, 2.24) is 19.6 Å². The fourth-order valence-corrected chi connectivity index (χ4v) is 3.25. The highest BCUT2D eigenvalue weighted by molar-refractivity contribution is 6.42. The Morgan fingerprint density at radius 2 is 1.97 bits per heavy atom. The van der Waals surface area contributed by atoms with Gasteiger partial charge in [-0.2, -0.15) is 10.2 Å². The molecule has 3 rings (SSSR count). The van der Waals surface area contributed by atoms with E-state index in [4.69, 9.17) is 23.2 Å². The van der Waals surface area contributed by atoms with E-state index in [-0.39, 0.29) is 11.6 Å². The minimum atomic E-state index is -1.15. The topological polar surface area (TPSA) is 108 Å². The van der Waals surface area contributed by atoms with Crippen LogP contribution in [0.4, 0.5) is 11.4 Å². The molecule has 30 heavy (non-hydrogen) atoms. The number of nitro groups is 1. The third kappa shape index (κ3) is 4.17. The molecule has 9 nitrogen and oxygen atoms in total. The molecule has 1 amide bonds. The summed E-state index contributed by atoms with van der Waals surface area (Å²) in [7, 11) is 0. The summed E-state index contributed by atoms with van der Waals surface area (Å²) in [6.45, 7) is 7.35.